The van der Waals surface area contributed by atoms with Crippen LogP contribution in [0.2, 0.25) is 0 Å². The third-order valence-electron chi connectivity index (χ3n) is 6.18. The minimum absolute atomic E-state index is 0.00660. The average molecular weight is 598 g/mol. The SMILES string of the molecule is CN(C)C(=O)CC(CSc1ccccc1)Nc1c(C(=O)N/N=C/c2ccccc2F)cnc2cccc(C(F)(F)F)c12. The number of nitrogens with one attached hydrogen (secondary N) is 2. The number of benzene rings is 3. The summed E-state index contributed by atoms with van der Waals surface area (Å²) in [4.78, 5) is 32.4. The molecule has 2 amide bonds. The molecule has 0 saturated carbocycles. The molecule has 1 unspecified atom stereocenters. The molecule has 1 heterocycles. The Bertz CT molecular complexity index is 1600. The van der Waals surface area contributed by atoms with Gasteiger partial charge >= 0.3 is 6.18 Å². The Hall–Kier alpha value is -4.45. The number of carbonyl (C=O) groups is 2. The van der Waals surface area contributed by atoms with E-state index in [1.807, 2.05) is 30.3 Å². The maximum absolute atomic E-state index is 14.2. The first-order valence-corrected chi connectivity index (χ1v) is 13.7. The number of pyridine rings is 1. The molecule has 0 radical (unpaired) electrons. The lowest BCUT2D eigenvalue weighted by atomic mass is 10.0. The topological polar surface area (TPSA) is 86.7 Å². The van der Waals surface area contributed by atoms with Crippen molar-refractivity contribution in [3.63, 3.8) is 0 Å². The van der Waals surface area contributed by atoms with E-state index in [0.29, 0.717) is 5.75 Å². The second kappa shape index (κ2) is 13.5. The van der Waals surface area contributed by atoms with Crippen LogP contribution in [0.4, 0.5) is 23.2 Å². The predicted molar refractivity (Wildman–Crippen MR) is 156 cm³/mol. The Kier molecular flexibility index (Phi) is 9.79. The number of hydrazone groups is 1. The minimum Gasteiger partial charge on any atom is -0.380 e. The number of anilines is 1. The molecular formula is C30H27F4N5O2S. The number of fused-ring (bicyclic) bond motifs is 1. The van der Waals surface area contributed by atoms with Gasteiger partial charge in [0.25, 0.3) is 5.91 Å². The Morgan fingerprint density at radius 2 is 1.74 bits per heavy atom. The number of aromatic nitrogens is 1. The lowest BCUT2D eigenvalue weighted by Crippen LogP contribution is -2.33. The molecule has 1 aromatic heterocycles. The predicted octanol–water partition coefficient (Wildman–Crippen LogP) is 6.21. The van der Waals surface area contributed by atoms with E-state index in [-0.39, 0.29) is 40.0 Å². The molecule has 7 nitrogen and oxygen atoms in total. The molecular weight excluding hydrogens is 570 g/mol. The molecule has 0 fully saturated rings. The van der Waals surface area contributed by atoms with Gasteiger partial charge in [0.05, 0.1) is 28.5 Å². The molecule has 0 aliphatic rings. The van der Waals surface area contributed by atoms with E-state index in [1.165, 1.54) is 47.0 Å². The fraction of sp³-hybridized carbons (Fsp3) is 0.200. The lowest BCUT2D eigenvalue weighted by molar-refractivity contribution is -0.136. The summed E-state index contributed by atoms with van der Waals surface area (Å²) in [6.07, 6.45) is -2.58. The fourth-order valence-electron chi connectivity index (χ4n) is 4.07. The number of thioether (sulfide) groups is 1. The highest BCUT2D eigenvalue weighted by atomic mass is 32.2. The van der Waals surface area contributed by atoms with Crippen LogP contribution in [0.5, 0.6) is 0 Å². The van der Waals surface area contributed by atoms with Gasteiger partial charge in [-0.3, -0.25) is 14.6 Å². The van der Waals surface area contributed by atoms with Crippen LogP contribution in [0.15, 0.2) is 89.0 Å². The van der Waals surface area contributed by atoms with Crippen molar-refractivity contribution in [2.24, 2.45) is 5.10 Å². The number of amides is 2. The van der Waals surface area contributed by atoms with E-state index < -0.39 is 29.5 Å². The Balaban J connectivity index is 1.76. The van der Waals surface area contributed by atoms with E-state index in [1.54, 1.807) is 20.2 Å². The summed E-state index contributed by atoms with van der Waals surface area (Å²) in [5, 5.41) is 6.55. The molecule has 3 aromatic carbocycles. The summed E-state index contributed by atoms with van der Waals surface area (Å²) in [5.41, 5.74) is 1.00. The molecule has 0 aliphatic heterocycles. The monoisotopic (exact) mass is 597 g/mol. The quantitative estimate of drug-likeness (QED) is 0.0983. The normalized spacial score (nSPS) is 12.3. The molecule has 4 rings (SSSR count). The van der Waals surface area contributed by atoms with Crippen molar-refractivity contribution in [1.82, 2.24) is 15.3 Å². The fourth-order valence-corrected chi connectivity index (χ4v) is 5.01. The zero-order chi connectivity index (χ0) is 30.3. The Morgan fingerprint density at radius 3 is 2.43 bits per heavy atom. The van der Waals surface area contributed by atoms with Crippen molar-refractivity contribution in [1.29, 1.82) is 0 Å². The van der Waals surface area contributed by atoms with Gasteiger partial charge in [-0.05, 0) is 30.3 Å². The van der Waals surface area contributed by atoms with Gasteiger partial charge < -0.3 is 10.2 Å². The van der Waals surface area contributed by atoms with Crippen molar-refractivity contribution >= 4 is 46.4 Å². The first kappa shape index (κ1) is 30.5. The zero-order valence-electron chi connectivity index (χ0n) is 22.7. The minimum atomic E-state index is -4.76. The molecule has 0 saturated heterocycles. The Labute approximate surface area is 244 Å². The number of hydrogen-bond acceptors (Lipinski definition) is 6. The second-order valence-electron chi connectivity index (χ2n) is 9.42. The van der Waals surface area contributed by atoms with E-state index in [0.717, 1.165) is 23.4 Å². The van der Waals surface area contributed by atoms with Crippen molar-refractivity contribution in [3.8, 4) is 0 Å². The average Bonchev–Trinajstić information content (AvgIpc) is 2.96. The van der Waals surface area contributed by atoms with Crippen LogP contribution in [0.25, 0.3) is 10.9 Å². The summed E-state index contributed by atoms with van der Waals surface area (Å²) >= 11 is 1.41. The van der Waals surface area contributed by atoms with E-state index in [4.69, 9.17) is 0 Å². The van der Waals surface area contributed by atoms with E-state index in [2.05, 4.69) is 20.8 Å². The molecule has 0 spiro atoms. The number of alkyl halides is 3. The van der Waals surface area contributed by atoms with Gasteiger partial charge in [-0.1, -0.05) is 42.5 Å². The molecule has 0 aliphatic carbocycles. The standard InChI is InChI=1S/C30H27F4N5O2S/c1-39(2)26(40)15-20(18-42-21-10-4-3-5-11-21)37-28-22(29(41)38-36-16-19-9-6-7-13-24(19)31)17-35-25-14-8-12-23(27(25)28)30(32,33)34/h3-14,16-17,20H,15,18H2,1-2H3,(H,35,37)(H,38,41)/b36-16+. The summed E-state index contributed by atoms with van der Waals surface area (Å²) in [7, 11) is 3.17. The molecule has 2 N–H and O–H groups in total. The van der Waals surface area contributed by atoms with Gasteiger partial charge in [0, 0.05) is 54.4 Å². The van der Waals surface area contributed by atoms with Crippen molar-refractivity contribution in [2.75, 3.05) is 25.2 Å². The highest BCUT2D eigenvalue weighted by Crippen LogP contribution is 2.39. The van der Waals surface area contributed by atoms with Crippen molar-refractivity contribution < 1.29 is 27.2 Å². The van der Waals surface area contributed by atoms with Crippen LogP contribution < -0.4 is 10.7 Å². The molecule has 0 bridgehead atoms. The van der Waals surface area contributed by atoms with Gasteiger partial charge in [-0.2, -0.15) is 18.3 Å². The van der Waals surface area contributed by atoms with Crippen LogP contribution in [0.3, 0.4) is 0 Å². The third kappa shape index (κ3) is 7.64. The lowest BCUT2D eigenvalue weighted by Gasteiger charge is -2.24. The summed E-state index contributed by atoms with van der Waals surface area (Å²) in [6.45, 7) is 0. The largest absolute Gasteiger partial charge is 0.417 e. The van der Waals surface area contributed by atoms with Gasteiger partial charge in [-0.25, -0.2) is 9.82 Å². The first-order chi connectivity index (χ1) is 20.0. The second-order valence-corrected chi connectivity index (χ2v) is 10.5. The Morgan fingerprint density at radius 1 is 1.02 bits per heavy atom. The van der Waals surface area contributed by atoms with Crippen LogP contribution in [0, 0.1) is 5.82 Å². The van der Waals surface area contributed by atoms with Crippen LogP contribution >= 0.6 is 11.8 Å². The zero-order valence-corrected chi connectivity index (χ0v) is 23.5. The summed E-state index contributed by atoms with van der Waals surface area (Å²) in [5.74, 6) is -1.39. The molecule has 42 heavy (non-hydrogen) atoms. The van der Waals surface area contributed by atoms with Crippen LogP contribution in [-0.4, -0.2) is 53.8 Å². The highest BCUT2D eigenvalue weighted by Gasteiger charge is 2.35. The molecule has 218 valence electrons. The third-order valence-corrected chi connectivity index (χ3v) is 7.36. The van der Waals surface area contributed by atoms with E-state index >= 15 is 0 Å². The summed E-state index contributed by atoms with van der Waals surface area (Å²) < 4.78 is 56.6. The van der Waals surface area contributed by atoms with Gasteiger partial charge in [0.2, 0.25) is 5.91 Å². The van der Waals surface area contributed by atoms with Gasteiger partial charge in [-0.15, -0.1) is 11.8 Å². The van der Waals surface area contributed by atoms with Crippen molar-refractivity contribution in [3.05, 3.63) is 102 Å². The number of rotatable bonds is 10. The maximum atomic E-state index is 14.2. The highest BCUT2D eigenvalue weighted by molar-refractivity contribution is 7.99. The van der Waals surface area contributed by atoms with Crippen molar-refractivity contribution in [2.45, 2.75) is 23.5 Å². The van der Waals surface area contributed by atoms with Crippen LogP contribution in [-0.2, 0) is 11.0 Å². The summed E-state index contributed by atoms with van der Waals surface area (Å²) in [6, 6.07) is 18.0. The smallest absolute Gasteiger partial charge is 0.380 e. The molecule has 12 heteroatoms. The van der Waals surface area contributed by atoms with Gasteiger partial charge in [0.1, 0.15) is 5.82 Å². The molecule has 1 atom stereocenters. The van der Waals surface area contributed by atoms with E-state index in [9.17, 15) is 27.2 Å². The number of carbonyl (C=O) groups excluding carboxylic acids is 2. The first-order valence-electron chi connectivity index (χ1n) is 12.8. The number of nitrogens with zero attached hydrogens (tertiary/aromatic N) is 3. The molecule has 4 aromatic rings. The number of halogens is 4. The van der Waals surface area contributed by atoms with Gasteiger partial charge in [0.15, 0.2) is 0 Å². The maximum Gasteiger partial charge on any atom is 0.417 e. The van der Waals surface area contributed by atoms with Crippen LogP contribution in [0.1, 0.15) is 27.9 Å². The number of hydrogen-bond donors (Lipinski definition) is 2.